The third-order valence-electron chi connectivity index (χ3n) is 2.96. The van der Waals surface area contributed by atoms with Crippen LogP contribution in [0, 0.1) is 0 Å². The van der Waals surface area contributed by atoms with Crippen molar-refractivity contribution in [2.45, 2.75) is 38.3 Å². The van der Waals surface area contributed by atoms with Crippen LogP contribution in [0.2, 0.25) is 0 Å². The Balaban J connectivity index is 1.86. The van der Waals surface area contributed by atoms with Crippen molar-refractivity contribution in [1.82, 2.24) is 10.6 Å². The summed E-state index contributed by atoms with van der Waals surface area (Å²) in [6.45, 7) is 2.87. The third-order valence-corrected chi connectivity index (χ3v) is 2.96. The molecule has 0 aromatic carbocycles. The van der Waals surface area contributed by atoms with Crippen LogP contribution in [0.1, 0.15) is 38.0 Å². The van der Waals surface area contributed by atoms with Crippen LogP contribution >= 0.6 is 0 Å². The van der Waals surface area contributed by atoms with Crippen molar-refractivity contribution >= 4 is 5.91 Å². The normalized spacial score (nSPS) is 22.7. The Morgan fingerprint density at radius 3 is 3.12 bits per heavy atom. The average Bonchev–Trinajstić information content (AvgIpc) is 2.83. The molecule has 2 rings (SSSR count). The largest absolute Gasteiger partial charge is 0.467 e. The molecule has 1 amide bonds. The van der Waals surface area contributed by atoms with E-state index in [1.54, 1.807) is 6.26 Å². The van der Waals surface area contributed by atoms with Crippen LogP contribution in [0.3, 0.4) is 0 Å². The summed E-state index contributed by atoms with van der Waals surface area (Å²) in [5.74, 6) is 0.868. The van der Waals surface area contributed by atoms with E-state index in [9.17, 15) is 4.79 Å². The lowest BCUT2D eigenvalue weighted by Gasteiger charge is -2.24. The van der Waals surface area contributed by atoms with Crippen molar-refractivity contribution in [3.8, 4) is 0 Å². The van der Waals surface area contributed by atoms with E-state index in [0.29, 0.717) is 0 Å². The van der Waals surface area contributed by atoms with E-state index < -0.39 is 0 Å². The van der Waals surface area contributed by atoms with E-state index in [4.69, 9.17) is 4.42 Å². The molecule has 1 fully saturated rings. The standard InChI is InChI=1S/C12H18N2O2/c1-9(11-6-4-8-16-11)14-12(15)10-5-2-3-7-13-10/h4,6,8-10,13H,2-3,5,7H2,1H3,(H,14,15)/t9-,10-/m1/s1. The number of hydrogen-bond donors (Lipinski definition) is 2. The lowest BCUT2D eigenvalue weighted by molar-refractivity contribution is -0.124. The van der Waals surface area contributed by atoms with Crippen molar-refractivity contribution in [2.75, 3.05) is 6.54 Å². The minimum atomic E-state index is -0.0637. The molecule has 1 aromatic rings. The maximum Gasteiger partial charge on any atom is 0.237 e. The monoisotopic (exact) mass is 222 g/mol. The lowest BCUT2D eigenvalue weighted by Crippen LogP contribution is -2.47. The highest BCUT2D eigenvalue weighted by Gasteiger charge is 2.22. The number of nitrogens with one attached hydrogen (secondary N) is 2. The Morgan fingerprint density at radius 1 is 1.62 bits per heavy atom. The Labute approximate surface area is 95.4 Å². The van der Waals surface area contributed by atoms with Gasteiger partial charge in [0.25, 0.3) is 0 Å². The van der Waals surface area contributed by atoms with Crippen molar-refractivity contribution in [1.29, 1.82) is 0 Å². The zero-order valence-corrected chi connectivity index (χ0v) is 9.53. The van der Waals surface area contributed by atoms with Gasteiger partial charge in [-0.25, -0.2) is 0 Å². The fraction of sp³-hybridized carbons (Fsp3) is 0.583. The number of carbonyl (C=O) groups excluding carboxylic acids is 1. The highest BCUT2D eigenvalue weighted by molar-refractivity contribution is 5.82. The molecule has 0 unspecified atom stereocenters. The predicted octanol–water partition coefficient (Wildman–Crippen LogP) is 1.60. The highest BCUT2D eigenvalue weighted by atomic mass is 16.3. The molecule has 0 bridgehead atoms. The first kappa shape index (κ1) is 11.2. The first-order valence-electron chi connectivity index (χ1n) is 5.84. The van der Waals surface area contributed by atoms with Crippen LogP contribution < -0.4 is 10.6 Å². The second-order valence-electron chi connectivity index (χ2n) is 4.25. The molecule has 16 heavy (non-hydrogen) atoms. The van der Waals surface area contributed by atoms with E-state index in [1.807, 2.05) is 19.1 Å². The number of carbonyl (C=O) groups is 1. The lowest BCUT2D eigenvalue weighted by atomic mass is 10.0. The number of piperidine rings is 1. The first-order chi connectivity index (χ1) is 7.77. The van der Waals surface area contributed by atoms with Gasteiger partial charge in [0.2, 0.25) is 5.91 Å². The zero-order valence-electron chi connectivity index (χ0n) is 9.53. The maximum absolute atomic E-state index is 11.9. The van der Waals surface area contributed by atoms with E-state index in [0.717, 1.165) is 31.6 Å². The van der Waals surface area contributed by atoms with Gasteiger partial charge in [-0.15, -0.1) is 0 Å². The van der Waals surface area contributed by atoms with Crippen LogP contribution in [0.4, 0.5) is 0 Å². The summed E-state index contributed by atoms with van der Waals surface area (Å²) in [6.07, 6.45) is 4.84. The summed E-state index contributed by atoms with van der Waals surface area (Å²) in [5, 5.41) is 6.18. The van der Waals surface area contributed by atoms with Crippen molar-refractivity contribution in [3.05, 3.63) is 24.2 Å². The summed E-state index contributed by atoms with van der Waals surface area (Å²) in [6, 6.07) is 3.60. The van der Waals surface area contributed by atoms with E-state index >= 15 is 0 Å². The summed E-state index contributed by atoms with van der Waals surface area (Å²) < 4.78 is 5.25. The van der Waals surface area contributed by atoms with Crippen LogP contribution in [0.25, 0.3) is 0 Å². The predicted molar refractivity (Wildman–Crippen MR) is 60.9 cm³/mol. The van der Waals surface area contributed by atoms with Crippen LogP contribution in [0.15, 0.2) is 22.8 Å². The average molecular weight is 222 g/mol. The minimum Gasteiger partial charge on any atom is -0.467 e. The molecular formula is C12H18N2O2. The molecule has 4 nitrogen and oxygen atoms in total. The molecule has 1 aromatic heterocycles. The summed E-state index contributed by atoms with van der Waals surface area (Å²) in [5.41, 5.74) is 0. The molecule has 0 spiro atoms. The van der Waals surface area contributed by atoms with E-state index in [1.165, 1.54) is 0 Å². The molecule has 1 saturated heterocycles. The Bertz CT molecular complexity index is 329. The fourth-order valence-electron chi connectivity index (χ4n) is 2.00. The van der Waals surface area contributed by atoms with Gasteiger partial charge in [0.15, 0.2) is 0 Å². The molecule has 2 atom stereocenters. The SMILES string of the molecule is C[C@@H](NC(=O)[C@H]1CCCCN1)c1ccco1. The molecule has 88 valence electrons. The molecule has 2 N–H and O–H groups in total. The minimum absolute atomic E-state index is 0.0360. The fourth-order valence-corrected chi connectivity index (χ4v) is 2.00. The summed E-state index contributed by atoms with van der Waals surface area (Å²) in [7, 11) is 0. The zero-order chi connectivity index (χ0) is 11.4. The number of furan rings is 1. The Hall–Kier alpha value is -1.29. The number of amides is 1. The van der Waals surface area contributed by atoms with Gasteiger partial charge in [0.1, 0.15) is 5.76 Å². The quantitative estimate of drug-likeness (QED) is 0.816. The van der Waals surface area contributed by atoms with Gasteiger partial charge in [-0.2, -0.15) is 0 Å². The van der Waals surface area contributed by atoms with E-state index in [-0.39, 0.29) is 18.0 Å². The molecular weight excluding hydrogens is 204 g/mol. The van der Waals surface area contributed by atoms with Gasteiger partial charge in [0.05, 0.1) is 18.3 Å². The van der Waals surface area contributed by atoms with Crippen LogP contribution in [0.5, 0.6) is 0 Å². The molecule has 0 radical (unpaired) electrons. The van der Waals surface area contributed by atoms with Gasteiger partial charge < -0.3 is 15.1 Å². The highest BCUT2D eigenvalue weighted by Crippen LogP contribution is 2.13. The molecule has 2 heterocycles. The van der Waals surface area contributed by atoms with Gasteiger partial charge in [0, 0.05) is 0 Å². The molecule has 4 heteroatoms. The molecule has 1 aliphatic heterocycles. The number of hydrogen-bond acceptors (Lipinski definition) is 3. The molecule has 0 aliphatic carbocycles. The van der Waals surface area contributed by atoms with Crippen molar-refractivity contribution in [2.24, 2.45) is 0 Å². The smallest absolute Gasteiger partial charge is 0.237 e. The molecule has 0 saturated carbocycles. The Kier molecular flexibility index (Phi) is 3.62. The maximum atomic E-state index is 11.9. The van der Waals surface area contributed by atoms with Gasteiger partial charge in [-0.05, 0) is 38.4 Å². The van der Waals surface area contributed by atoms with E-state index in [2.05, 4.69) is 10.6 Å². The van der Waals surface area contributed by atoms with Gasteiger partial charge in [-0.1, -0.05) is 6.42 Å². The van der Waals surface area contributed by atoms with Crippen LogP contribution in [-0.4, -0.2) is 18.5 Å². The Morgan fingerprint density at radius 2 is 2.50 bits per heavy atom. The van der Waals surface area contributed by atoms with Crippen LogP contribution in [-0.2, 0) is 4.79 Å². The third kappa shape index (κ3) is 2.64. The first-order valence-corrected chi connectivity index (χ1v) is 5.84. The summed E-state index contributed by atoms with van der Waals surface area (Å²) >= 11 is 0. The van der Waals surface area contributed by atoms with Gasteiger partial charge in [-0.3, -0.25) is 4.79 Å². The second kappa shape index (κ2) is 5.16. The molecule has 1 aliphatic rings. The second-order valence-corrected chi connectivity index (χ2v) is 4.25. The summed E-state index contributed by atoms with van der Waals surface area (Å²) in [4.78, 5) is 11.9. The van der Waals surface area contributed by atoms with Crippen molar-refractivity contribution in [3.63, 3.8) is 0 Å². The number of rotatable bonds is 3. The van der Waals surface area contributed by atoms with Crippen molar-refractivity contribution < 1.29 is 9.21 Å². The topological polar surface area (TPSA) is 54.3 Å². The van der Waals surface area contributed by atoms with Gasteiger partial charge >= 0.3 is 0 Å².